The molecule has 0 heterocycles. The molecule has 5 aromatic rings. The smallest absolute Gasteiger partial charge is 0.296 e. The summed E-state index contributed by atoms with van der Waals surface area (Å²) in [7, 11) is -21.2. The van der Waals surface area contributed by atoms with E-state index in [1.807, 2.05) is 0 Å². The minimum Gasteiger partial charge on any atom is -0.505 e. The fourth-order valence-electron chi connectivity index (χ4n) is 4.72. The molecule has 55 heavy (non-hydrogen) atoms. The van der Waals surface area contributed by atoms with Gasteiger partial charge in [0.05, 0.1) is 16.8 Å². The summed E-state index contributed by atoms with van der Waals surface area (Å²) in [6.45, 7) is 1.78. The Bertz CT molecular complexity index is 2980. The lowest BCUT2D eigenvalue weighted by Crippen LogP contribution is -2.04. The number of phenolic OH excluding ortho intramolecular Hbond substituents is 1. The first-order valence-electron chi connectivity index (χ1n) is 14.3. The largest absolute Gasteiger partial charge is 0.505 e. The summed E-state index contributed by atoms with van der Waals surface area (Å²) >= 11 is 0. The van der Waals surface area contributed by atoms with Gasteiger partial charge in [0.15, 0.2) is 11.6 Å². The number of nitrogens with two attached hydrogens (primary N) is 1. The standard InChI is InChI=1S/C29H21F2N7O13S4/c1-13-2-5-16(6-3-13)33-34-18-12-22(53(43,44)45)20(11-17(18)31)36-37-27-23(54(46,47)48)8-14-9-24(55(49,50)51)28(29(39)25(14)26(27)32)38-35-19-10-15(30)4-7-21(19)52(40,41)42/h2-12,39H,32H2,1H3,(H,40,41,42)(H,43,44,45)(H,46,47,48)(H,49,50,51). The van der Waals surface area contributed by atoms with Crippen molar-refractivity contribution in [3.8, 4) is 5.75 Å². The summed E-state index contributed by atoms with van der Waals surface area (Å²) in [6, 6.07) is 9.81. The number of azo groups is 3. The molecule has 26 heteroatoms. The molecule has 20 nitrogen and oxygen atoms in total. The fourth-order valence-corrected chi connectivity index (χ4v) is 7.27. The van der Waals surface area contributed by atoms with Crippen LogP contribution in [0.4, 0.5) is 48.6 Å². The lowest BCUT2D eigenvalue weighted by Gasteiger charge is -2.14. The Morgan fingerprint density at radius 2 is 1.04 bits per heavy atom. The molecule has 0 aliphatic carbocycles. The molecule has 0 saturated heterocycles. The van der Waals surface area contributed by atoms with Crippen LogP contribution in [0.25, 0.3) is 10.8 Å². The minimum atomic E-state index is -5.44. The number of benzene rings is 5. The maximum Gasteiger partial charge on any atom is 0.296 e. The van der Waals surface area contributed by atoms with Crippen LogP contribution in [0.1, 0.15) is 5.56 Å². The SMILES string of the molecule is Cc1ccc(N=Nc2cc(S(=O)(=O)O)c(N=Nc3c(S(=O)(=O)O)cc4cc(S(=O)(=O)O)c(N=Nc5cc(F)ccc5S(=O)(=O)O)c(O)c4c3N)cc2F)cc1. The van der Waals surface area contributed by atoms with Crippen LogP contribution in [0.15, 0.2) is 117 Å². The summed E-state index contributed by atoms with van der Waals surface area (Å²) in [5.41, 5.74) is 1.26. The summed E-state index contributed by atoms with van der Waals surface area (Å²) in [4.78, 5) is -4.76. The maximum atomic E-state index is 15.1. The lowest BCUT2D eigenvalue weighted by molar-refractivity contribution is 0.472. The van der Waals surface area contributed by atoms with Crippen LogP contribution in [0.2, 0.25) is 0 Å². The van der Waals surface area contributed by atoms with E-state index >= 15 is 4.39 Å². The molecule has 0 aromatic heterocycles. The number of rotatable bonds is 10. The van der Waals surface area contributed by atoms with Gasteiger partial charge in [0, 0.05) is 12.1 Å². The van der Waals surface area contributed by atoms with Gasteiger partial charge in [0.1, 0.15) is 53.8 Å². The topological polar surface area (TPSA) is 338 Å². The number of hydrogen-bond acceptors (Lipinski definition) is 16. The zero-order chi connectivity index (χ0) is 40.8. The molecule has 0 fully saturated rings. The number of nitrogens with zero attached hydrogens (tertiary/aromatic N) is 6. The van der Waals surface area contributed by atoms with Crippen molar-refractivity contribution in [1.82, 2.24) is 0 Å². The van der Waals surface area contributed by atoms with E-state index in [0.29, 0.717) is 42.5 Å². The molecule has 0 aliphatic rings. The van der Waals surface area contributed by atoms with Crippen molar-refractivity contribution in [1.29, 1.82) is 0 Å². The van der Waals surface area contributed by atoms with Gasteiger partial charge in [0.2, 0.25) is 0 Å². The van der Waals surface area contributed by atoms with E-state index in [-0.39, 0.29) is 5.69 Å². The molecule has 0 unspecified atom stereocenters. The van der Waals surface area contributed by atoms with Gasteiger partial charge in [-0.15, -0.1) is 25.6 Å². The van der Waals surface area contributed by atoms with Gasteiger partial charge in [-0.1, -0.05) is 17.7 Å². The highest BCUT2D eigenvalue weighted by molar-refractivity contribution is 7.86. The zero-order valence-electron chi connectivity index (χ0n) is 27.0. The third-order valence-corrected chi connectivity index (χ3v) is 10.7. The maximum absolute atomic E-state index is 15.1. The Morgan fingerprint density at radius 1 is 0.545 bits per heavy atom. The molecule has 0 atom stereocenters. The predicted octanol–water partition coefficient (Wildman–Crippen LogP) is 6.95. The second-order valence-electron chi connectivity index (χ2n) is 11.0. The van der Waals surface area contributed by atoms with Crippen molar-refractivity contribution in [2.75, 3.05) is 5.73 Å². The monoisotopic (exact) mass is 841 g/mol. The highest BCUT2D eigenvalue weighted by Crippen LogP contribution is 2.48. The Kier molecular flexibility index (Phi) is 10.7. The molecule has 5 rings (SSSR count). The minimum absolute atomic E-state index is 0.236. The predicted molar refractivity (Wildman–Crippen MR) is 186 cm³/mol. The summed E-state index contributed by atoms with van der Waals surface area (Å²) in [5.74, 6) is -3.74. The molecule has 0 saturated carbocycles. The van der Waals surface area contributed by atoms with Gasteiger partial charge in [-0.2, -0.15) is 38.8 Å². The molecule has 0 amide bonds. The third-order valence-electron chi connectivity index (χ3n) is 7.20. The van der Waals surface area contributed by atoms with E-state index in [2.05, 4.69) is 30.7 Å². The molecular formula is C29H21F2N7O13S4. The highest BCUT2D eigenvalue weighted by Gasteiger charge is 2.29. The van der Waals surface area contributed by atoms with Crippen molar-refractivity contribution in [3.05, 3.63) is 83.9 Å². The second-order valence-corrected chi connectivity index (χ2v) is 16.6. The average Bonchev–Trinajstić information content (AvgIpc) is 3.05. The molecular weight excluding hydrogens is 821 g/mol. The molecule has 0 aliphatic heterocycles. The quantitative estimate of drug-likeness (QED) is 0.0471. The van der Waals surface area contributed by atoms with Crippen LogP contribution >= 0.6 is 0 Å². The second kappa shape index (κ2) is 14.5. The number of fused-ring (bicyclic) bond motifs is 1. The van der Waals surface area contributed by atoms with E-state index in [4.69, 9.17) is 5.73 Å². The summed E-state index contributed by atoms with van der Waals surface area (Å²) in [6.07, 6.45) is 0. The van der Waals surface area contributed by atoms with Gasteiger partial charge in [0.25, 0.3) is 40.5 Å². The summed E-state index contributed by atoms with van der Waals surface area (Å²) in [5, 5.41) is 31.0. The number of nitrogen functional groups attached to an aromatic ring is 1. The normalized spacial score (nSPS) is 13.1. The Balaban J connectivity index is 1.74. The van der Waals surface area contributed by atoms with Crippen LogP contribution in [0.3, 0.4) is 0 Å². The Labute approximate surface area is 308 Å². The fraction of sp³-hybridized carbons (Fsp3) is 0.0345. The molecule has 288 valence electrons. The number of aryl methyl sites for hydroxylation is 1. The average molecular weight is 842 g/mol. The van der Waals surface area contributed by atoms with Crippen LogP contribution < -0.4 is 5.73 Å². The van der Waals surface area contributed by atoms with Crippen molar-refractivity contribution < 1.29 is 65.8 Å². The highest BCUT2D eigenvalue weighted by atomic mass is 32.2. The number of anilines is 1. The van der Waals surface area contributed by atoms with Gasteiger partial charge >= 0.3 is 0 Å². The van der Waals surface area contributed by atoms with Crippen molar-refractivity contribution in [2.24, 2.45) is 30.7 Å². The molecule has 0 spiro atoms. The number of phenols is 1. The Morgan fingerprint density at radius 3 is 1.58 bits per heavy atom. The molecule has 7 N–H and O–H groups in total. The lowest BCUT2D eigenvalue weighted by atomic mass is 10.1. The van der Waals surface area contributed by atoms with Crippen LogP contribution in [-0.4, -0.2) is 57.0 Å². The van der Waals surface area contributed by atoms with Gasteiger partial charge in [-0.25, -0.2) is 8.78 Å². The Hall–Kier alpha value is -5.74. The van der Waals surface area contributed by atoms with Gasteiger partial charge < -0.3 is 10.8 Å². The van der Waals surface area contributed by atoms with E-state index in [0.717, 1.165) is 5.56 Å². The molecule has 0 bridgehead atoms. The van der Waals surface area contributed by atoms with Gasteiger partial charge in [-0.05, 0) is 54.8 Å². The van der Waals surface area contributed by atoms with Crippen LogP contribution in [0.5, 0.6) is 5.75 Å². The first-order chi connectivity index (χ1) is 25.4. The van der Waals surface area contributed by atoms with E-state index in [1.54, 1.807) is 19.1 Å². The van der Waals surface area contributed by atoms with E-state index in [9.17, 15) is 61.4 Å². The van der Waals surface area contributed by atoms with Crippen molar-refractivity contribution in [2.45, 2.75) is 26.5 Å². The number of aromatic hydroxyl groups is 1. The van der Waals surface area contributed by atoms with Crippen LogP contribution in [0, 0.1) is 18.6 Å². The number of hydrogen-bond donors (Lipinski definition) is 6. The third kappa shape index (κ3) is 8.81. The zero-order valence-corrected chi connectivity index (χ0v) is 30.3. The van der Waals surface area contributed by atoms with Crippen molar-refractivity contribution in [3.63, 3.8) is 0 Å². The van der Waals surface area contributed by atoms with Crippen LogP contribution in [-0.2, 0) is 40.5 Å². The molecule has 5 aromatic carbocycles. The van der Waals surface area contributed by atoms with Gasteiger partial charge in [-0.3, -0.25) is 18.2 Å². The molecule has 0 radical (unpaired) electrons. The first-order valence-corrected chi connectivity index (χ1v) is 20.1. The first kappa shape index (κ1) is 40.4. The van der Waals surface area contributed by atoms with E-state index in [1.165, 1.54) is 12.1 Å². The van der Waals surface area contributed by atoms with E-state index < -0.39 is 122 Å². The number of halogens is 2. The van der Waals surface area contributed by atoms with Crippen molar-refractivity contribution >= 4 is 91.1 Å². The summed E-state index contributed by atoms with van der Waals surface area (Å²) < 4.78 is 166.